The van der Waals surface area contributed by atoms with Gasteiger partial charge in [0, 0.05) is 30.6 Å². The fourth-order valence-electron chi connectivity index (χ4n) is 9.18. The van der Waals surface area contributed by atoms with Crippen LogP contribution in [0.1, 0.15) is 92.9 Å². The van der Waals surface area contributed by atoms with Gasteiger partial charge >= 0.3 is 5.97 Å². The maximum atomic E-state index is 13.8. The second-order valence-electron chi connectivity index (χ2n) is 13.6. The summed E-state index contributed by atoms with van der Waals surface area (Å²) in [5, 5.41) is 32.7. The molecule has 0 saturated heterocycles. The summed E-state index contributed by atoms with van der Waals surface area (Å²) >= 11 is 0. The lowest BCUT2D eigenvalue weighted by Crippen LogP contribution is -2.60. The topological polar surface area (TPSA) is 104 Å². The van der Waals surface area contributed by atoms with Crippen LogP contribution in [-0.4, -0.2) is 52.0 Å². The molecule has 0 aromatic carbocycles. The van der Waals surface area contributed by atoms with Crippen LogP contribution in [0.15, 0.2) is 23.3 Å². The average molecular weight is 531 g/mol. The minimum Gasteiger partial charge on any atom is -0.462 e. The van der Waals surface area contributed by atoms with Crippen molar-refractivity contribution in [3.63, 3.8) is 0 Å². The predicted molar refractivity (Wildman–Crippen MR) is 147 cm³/mol. The molecule has 4 aliphatic rings. The average Bonchev–Trinajstić information content (AvgIpc) is 3.11. The van der Waals surface area contributed by atoms with Crippen LogP contribution in [0.3, 0.4) is 0 Å². The standard InChI is InChI=1S/C32H50O6/c1-7-27(37)38-22-10-12-31(5)21(14-22)15-24(34)28-29-25(35)16-23(32(29,6)17-26(36)30(28)31)19(4)8-9-20(11-13-33)18(2)3/h11,15,18-19,22-23,25-26,28-30,33,35-36H,7-10,12-14,16-17H2,1-6H3/b20-11+/t19-,22+,23?,25-,26-,28?,29?,30?,31+,32-/m1/s1. The quantitative estimate of drug-likeness (QED) is 0.301. The third kappa shape index (κ3) is 5.06. The second-order valence-corrected chi connectivity index (χ2v) is 13.6. The van der Waals surface area contributed by atoms with Crippen molar-refractivity contribution in [2.75, 3.05) is 6.61 Å². The smallest absolute Gasteiger partial charge is 0.305 e. The Morgan fingerprint density at radius 2 is 1.89 bits per heavy atom. The molecule has 4 rings (SSSR count). The van der Waals surface area contributed by atoms with E-state index in [1.54, 1.807) is 13.0 Å². The number of ether oxygens (including phenoxy) is 1. The minimum atomic E-state index is -0.617. The molecule has 0 amide bonds. The summed E-state index contributed by atoms with van der Waals surface area (Å²) < 4.78 is 5.63. The van der Waals surface area contributed by atoms with Gasteiger partial charge in [-0.1, -0.05) is 58.8 Å². The molecular formula is C32H50O6. The summed E-state index contributed by atoms with van der Waals surface area (Å²) in [6.45, 7) is 12.8. The molecule has 214 valence electrons. The fraction of sp³-hybridized carbons (Fsp3) is 0.812. The van der Waals surface area contributed by atoms with Gasteiger partial charge in [0.2, 0.25) is 0 Å². The maximum absolute atomic E-state index is 13.8. The summed E-state index contributed by atoms with van der Waals surface area (Å²) in [5.74, 6) is -0.0387. The second kappa shape index (κ2) is 11.2. The molecule has 10 atom stereocenters. The number of aliphatic hydroxyl groups is 3. The van der Waals surface area contributed by atoms with Crippen molar-refractivity contribution >= 4 is 11.8 Å². The zero-order valence-corrected chi connectivity index (χ0v) is 24.3. The highest BCUT2D eigenvalue weighted by molar-refractivity contribution is 5.94. The third-order valence-corrected chi connectivity index (χ3v) is 11.2. The molecule has 0 radical (unpaired) electrons. The molecule has 3 fully saturated rings. The SMILES string of the molecule is CCC(=O)O[C@H]1CC[C@@]2(C)C(=CC(=O)C3C4[C@H](O)CC([C@H](C)CC/C(=C\CO)C(C)C)[C@@]4(C)C[C@@H](O)C32)C1. The lowest BCUT2D eigenvalue weighted by atomic mass is 9.45. The molecule has 0 aromatic heterocycles. The number of hydrogen-bond acceptors (Lipinski definition) is 6. The molecule has 38 heavy (non-hydrogen) atoms. The van der Waals surface area contributed by atoms with E-state index < -0.39 is 12.2 Å². The number of allylic oxidation sites excluding steroid dienone is 2. The van der Waals surface area contributed by atoms with Crippen molar-refractivity contribution in [1.82, 2.24) is 0 Å². The minimum absolute atomic E-state index is 0.0280. The number of aliphatic hydroxyl groups excluding tert-OH is 3. The lowest BCUT2D eigenvalue weighted by Gasteiger charge is -2.59. The largest absolute Gasteiger partial charge is 0.462 e. The molecule has 0 bridgehead atoms. The Labute approximate surface area is 228 Å². The van der Waals surface area contributed by atoms with E-state index in [0.29, 0.717) is 37.5 Å². The van der Waals surface area contributed by atoms with Gasteiger partial charge in [0.1, 0.15) is 6.10 Å². The summed E-state index contributed by atoms with van der Waals surface area (Å²) in [6.07, 6.45) is 7.82. The fourth-order valence-corrected chi connectivity index (χ4v) is 9.18. The normalized spacial score (nSPS) is 41.7. The number of hydrogen-bond donors (Lipinski definition) is 3. The van der Waals surface area contributed by atoms with Gasteiger partial charge in [0.15, 0.2) is 5.78 Å². The molecule has 6 heteroatoms. The van der Waals surface area contributed by atoms with E-state index in [4.69, 9.17) is 4.74 Å². The maximum Gasteiger partial charge on any atom is 0.305 e. The van der Waals surface area contributed by atoms with Gasteiger partial charge in [-0.05, 0) is 73.2 Å². The highest BCUT2D eigenvalue weighted by Gasteiger charge is 2.66. The molecule has 4 unspecified atom stereocenters. The Kier molecular flexibility index (Phi) is 8.67. The zero-order valence-electron chi connectivity index (χ0n) is 24.3. The van der Waals surface area contributed by atoms with Gasteiger partial charge in [-0.15, -0.1) is 0 Å². The van der Waals surface area contributed by atoms with Crippen molar-refractivity contribution in [2.45, 2.75) is 111 Å². The number of esters is 1. The Balaban J connectivity index is 1.58. The molecular weight excluding hydrogens is 480 g/mol. The zero-order chi connectivity index (χ0) is 28.0. The summed E-state index contributed by atoms with van der Waals surface area (Å²) in [6, 6.07) is 0. The van der Waals surface area contributed by atoms with E-state index in [9.17, 15) is 24.9 Å². The first-order valence-electron chi connectivity index (χ1n) is 15.0. The van der Waals surface area contributed by atoms with E-state index in [0.717, 1.165) is 31.3 Å². The number of carbonyl (C=O) groups is 2. The lowest BCUT2D eigenvalue weighted by molar-refractivity contribution is -0.164. The van der Waals surface area contributed by atoms with Crippen LogP contribution < -0.4 is 0 Å². The van der Waals surface area contributed by atoms with Gasteiger partial charge in [0.25, 0.3) is 0 Å². The first-order valence-corrected chi connectivity index (χ1v) is 15.0. The molecule has 6 nitrogen and oxygen atoms in total. The number of fused-ring (bicyclic) bond motifs is 5. The Morgan fingerprint density at radius 3 is 2.53 bits per heavy atom. The molecule has 3 N–H and O–H groups in total. The Hall–Kier alpha value is -1.50. The van der Waals surface area contributed by atoms with Crippen molar-refractivity contribution < 1.29 is 29.6 Å². The van der Waals surface area contributed by atoms with Crippen LogP contribution in [0, 0.1) is 46.3 Å². The van der Waals surface area contributed by atoms with Gasteiger partial charge in [-0.25, -0.2) is 0 Å². The number of ketones is 1. The van der Waals surface area contributed by atoms with Crippen LogP contribution in [0.25, 0.3) is 0 Å². The van der Waals surface area contributed by atoms with Crippen LogP contribution in [0.2, 0.25) is 0 Å². The van der Waals surface area contributed by atoms with E-state index in [1.165, 1.54) is 5.57 Å². The van der Waals surface area contributed by atoms with Crippen LogP contribution in [0.4, 0.5) is 0 Å². The van der Waals surface area contributed by atoms with Crippen LogP contribution >= 0.6 is 0 Å². The highest BCUT2D eigenvalue weighted by Crippen LogP contribution is 2.66. The summed E-state index contributed by atoms with van der Waals surface area (Å²) in [4.78, 5) is 25.7. The summed E-state index contributed by atoms with van der Waals surface area (Å²) in [7, 11) is 0. The van der Waals surface area contributed by atoms with Crippen LogP contribution in [-0.2, 0) is 14.3 Å². The summed E-state index contributed by atoms with van der Waals surface area (Å²) in [5.41, 5.74) is 1.61. The van der Waals surface area contributed by atoms with Gasteiger partial charge in [0.05, 0.1) is 18.8 Å². The van der Waals surface area contributed by atoms with E-state index in [-0.39, 0.29) is 59.0 Å². The van der Waals surface area contributed by atoms with Crippen molar-refractivity contribution in [3.8, 4) is 0 Å². The van der Waals surface area contributed by atoms with Gasteiger partial charge in [-0.3, -0.25) is 9.59 Å². The van der Waals surface area contributed by atoms with Crippen molar-refractivity contribution in [2.24, 2.45) is 46.3 Å². The number of carbonyl (C=O) groups excluding carboxylic acids is 2. The van der Waals surface area contributed by atoms with Gasteiger partial charge < -0.3 is 20.1 Å². The molecule has 3 saturated carbocycles. The van der Waals surface area contributed by atoms with E-state index >= 15 is 0 Å². The molecule has 0 aromatic rings. The first kappa shape index (κ1) is 29.5. The Morgan fingerprint density at radius 1 is 1.18 bits per heavy atom. The van der Waals surface area contributed by atoms with Gasteiger partial charge in [-0.2, -0.15) is 0 Å². The predicted octanol–water partition coefficient (Wildman–Crippen LogP) is 5.00. The van der Waals surface area contributed by atoms with E-state index in [2.05, 4.69) is 34.6 Å². The van der Waals surface area contributed by atoms with E-state index in [1.807, 2.05) is 6.08 Å². The highest BCUT2D eigenvalue weighted by atomic mass is 16.5. The Bertz CT molecular complexity index is 967. The monoisotopic (exact) mass is 530 g/mol. The number of rotatable bonds is 8. The molecule has 0 spiro atoms. The third-order valence-electron chi connectivity index (χ3n) is 11.2. The van der Waals surface area contributed by atoms with Crippen molar-refractivity contribution in [3.05, 3.63) is 23.3 Å². The first-order chi connectivity index (χ1) is 17.9. The molecule has 0 heterocycles. The molecule has 4 aliphatic carbocycles. The van der Waals surface area contributed by atoms with Crippen molar-refractivity contribution in [1.29, 1.82) is 0 Å². The van der Waals surface area contributed by atoms with Crippen LogP contribution in [0.5, 0.6) is 0 Å². The molecule has 0 aliphatic heterocycles.